The molecule has 0 spiro atoms. The molecule has 17 heavy (non-hydrogen) atoms. The van der Waals surface area contributed by atoms with Gasteiger partial charge in [0.05, 0.1) is 16.7 Å². The van der Waals surface area contributed by atoms with Gasteiger partial charge in [-0.05, 0) is 31.5 Å². The van der Waals surface area contributed by atoms with E-state index in [1.54, 1.807) is 6.92 Å². The van der Waals surface area contributed by atoms with Crippen LogP contribution in [0.25, 0.3) is 0 Å². The molecule has 2 unspecified atom stereocenters. The van der Waals surface area contributed by atoms with Gasteiger partial charge in [-0.25, -0.2) is 8.42 Å². The lowest BCUT2D eigenvalue weighted by Gasteiger charge is -2.17. The van der Waals surface area contributed by atoms with Gasteiger partial charge in [0.25, 0.3) is 0 Å². The van der Waals surface area contributed by atoms with Crippen LogP contribution in [0.1, 0.15) is 24.2 Å². The smallest absolute Gasteiger partial charge is 0.151 e. The van der Waals surface area contributed by atoms with Crippen LogP contribution in [0.5, 0.6) is 5.75 Å². The number of hydrogen-bond acceptors (Lipinski definition) is 3. The first-order valence-corrected chi connectivity index (χ1v) is 8.29. The molecule has 1 aromatic carbocycles. The first-order valence-electron chi connectivity index (χ1n) is 5.42. The number of rotatable bonds is 5. The third-order valence-electron chi connectivity index (χ3n) is 2.60. The highest BCUT2D eigenvalue weighted by Crippen LogP contribution is 2.31. The number of ether oxygens (including phenoxy) is 1. The molecule has 0 aromatic heterocycles. The van der Waals surface area contributed by atoms with Crippen molar-refractivity contribution in [2.75, 3.05) is 12.9 Å². The van der Waals surface area contributed by atoms with Gasteiger partial charge >= 0.3 is 0 Å². The lowest BCUT2D eigenvalue weighted by molar-refractivity contribution is 0.340. The number of sulfone groups is 1. The fourth-order valence-electron chi connectivity index (χ4n) is 1.40. The third-order valence-corrected chi connectivity index (χ3v) is 5.89. The van der Waals surface area contributed by atoms with Crippen LogP contribution >= 0.6 is 15.9 Å². The van der Waals surface area contributed by atoms with Crippen molar-refractivity contribution >= 4 is 25.8 Å². The van der Waals surface area contributed by atoms with Crippen LogP contribution in [0.3, 0.4) is 0 Å². The van der Waals surface area contributed by atoms with Gasteiger partial charge in [-0.2, -0.15) is 0 Å². The first-order chi connectivity index (χ1) is 7.86. The standard InChI is InChI=1S/C12H17BrO3S/c1-4-16-11-7-5-10(6-8-11)12(13)9(2)17(3,14)15/h5-9,12H,4H2,1-3H3. The molecule has 0 fully saturated rings. The highest BCUT2D eigenvalue weighted by atomic mass is 79.9. The lowest BCUT2D eigenvalue weighted by Crippen LogP contribution is -2.20. The van der Waals surface area contributed by atoms with Gasteiger partial charge in [0.1, 0.15) is 5.75 Å². The third kappa shape index (κ3) is 4.00. The largest absolute Gasteiger partial charge is 0.494 e. The van der Waals surface area contributed by atoms with Gasteiger partial charge in [-0.3, -0.25) is 0 Å². The maximum atomic E-state index is 11.5. The van der Waals surface area contributed by atoms with E-state index in [0.717, 1.165) is 11.3 Å². The molecule has 3 nitrogen and oxygen atoms in total. The Morgan fingerprint density at radius 2 is 1.82 bits per heavy atom. The summed E-state index contributed by atoms with van der Waals surface area (Å²) in [4.78, 5) is -0.201. The summed E-state index contributed by atoms with van der Waals surface area (Å²) in [6.45, 7) is 4.25. The van der Waals surface area contributed by atoms with Crippen LogP contribution in [0, 0.1) is 0 Å². The molecule has 0 radical (unpaired) electrons. The average Bonchev–Trinajstić information content (AvgIpc) is 2.27. The fraction of sp³-hybridized carbons (Fsp3) is 0.500. The zero-order valence-electron chi connectivity index (χ0n) is 10.2. The molecule has 1 aromatic rings. The number of alkyl halides is 1. The molecular weight excluding hydrogens is 304 g/mol. The van der Waals surface area contributed by atoms with E-state index in [1.165, 1.54) is 6.26 Å². The summed E-state index contributed by atoms with van der Waals surface area (Å²) in [7, 11) is -3.05. The molecule has 0 amide bonds. The molecule has 0 bridgehead atoms. The van der Waals surface area contributed by atoms with E-state index in [1.807, 2.05) is 31.2 Å². The zero-order valence-corrected chi connectivity index (χ0v) is 12.6. The molecule has 2 atom stereocenters. The van der Waals surface area contributed by atoms with E-state index in [0.29, 0.717) is 6.61 Å². The summed E-state index contributed by atoms with van der Waals surface area (Å²) in [5.41, 5.74) is 0.936. The minimum Gasteiger partial charge on any atom is -0.494 e. The van der Waals surface area contributed by atoms with Gasteiger partial charge in [0.2, 0.25) is 0 Å². The zero-order chi connectivity index (χ0) is 13.1. The molecule has 1 rings (SSSR count). The maximum absolute atomic E-state index is 11.5. The molecule has 5 heteroatoms. The summed E-state index contributed by atoms with van der Waals surface area (Å²) in [6, 6.07) is 7.46. The average molecular weight is 321 g/mol. The predicted octanol–water partition coefficient (Wildman–Crippen LogP) is 2.95. The molecule has 0 aliphatic heterocycles. The summed E-state index contributed by atoms with van der Waals surface area (Å²) in [6.07, 6.45) is 1.25. The fourth-order valence-corrected chi connectivity index (χ4v) is 3.48. The summed E-state index contributed by atoms with van der Waals surface area (Å²) in [5.74, 6) is 0.794. The van der Waals surface area contributed by atoms with Crippen LogP contribution < -0.4 is 4.74 Å². The summed E-state index contributed by atoms with van der Waals surface area (Å²) >= 11 is 3.43. The minimum absolute atomic E-state index is 0.201. The quantitative estimate of drug-likeness (QED) is 0.783. The predicted molar refractivity (Wildman–Crippen MR) is 73.6 cm³/mol. The molecule has 0 N–H and O–H groups in total. The Bertz CT molecular complexity index is 453. The molecule has 0 heterocycles. The Kier molecular flexibility index (Phi) is 5.01. The molecule has 96 valence electrons. The minimum atomic E-state index is -3.05. The Hall–Kier alpha value is -0.550. The number of hydrogen-bond donors (Lipinski definition) is 0. The molecule has 0 saturated carbocycles. The highest BCUT2D eigenvalue weighted by Gasteiger charge is 2.24. The van der Waals surface area contributed by atoms with Crippen molar-refractivity contribution < 1.29 is 13.2 Å². The summed E-state index contributed by atoms with van der Waals surface area (Å²) < 4.78 is 28.3. The molecule has 0 aliphatic carbocycles. The van der Waals surface area contributed by atoms with Gasteiger partial charge in [0, 0.05) is 6.26 Å². The molecule has 0 saturated heterocycles. The van der Waals surface area contributed by atoms with Crippen molar-refractivity contribution in [3.63, 3.8) is 0 Å². The first kappa shape index (κ1) is 14.5. The second-order valence-electron chi connectivity index (χ2n) is 3.94. The van der Waals surface area contributed by atoms with Crippen LogP contribution in [-0.4, -0.2) is 26.5 Å². The topological polar surface area (TPSA) is 43.4 Å². The van der Waals surface area contributed by atoms with Crippen molar-refractivity contribution in [1.29, 1.82) is 0 Å². The van der Waals surface area contributed by atoms with Gasteiger partial charge in [-0.15, -0.1) is 0 Å². The number of benzene rings is 1. The Labute approximate surface area is 111 Å². The van der Waals surface area contributed by atoms with E-state index in [2.05, 4.69) is 15.9 Å². The monoisotopic (exact) mass is 320 g/mol. The van der Waals surface area contributed by atoms with Crippen molar-refractivity contribution in [2.24, 2.45) is 0 Å². The van der Waals surface area contributed by atoms with E-state index in [-0.39, 0.29) is 4.83 Å². The maximum Gasteiger partial charge on any atom is 0.151 e. The highest BCUT2D eigenvalue weighted by molar-refractivity contribution is 9.09. The van der Waals surface area contributed by atoms with Gasteiger partial charge in [-0.1, -0.05) is 28.1 Å². The van der Waals surface area contributed by atoms with Crippen LogP contribution in [0.15, 0.2) is 24.3 Å². The Balaban J connectivity index is 2.86. The van der Waals surface area contributed by atoms with Gasteiger partial charge < -0.3 is 4.74 Å². The van der Waals surface area contributed by atoms with Gasteiger partial charge in [0.15, 0.2) is 9.84 Å². The van der Waals surface area contributed by atoms with Crippen LogP contribution in [-0.2, 0) is 9.84 Å². The van der Waals surface area contributed by atoms with Crippen molar-refractivity contribution in [3.05, 3.63) is 29.8 Å². The van der Waals surface area contributed by atoms with E-state index in [4.69, 9.17) is 4.74 Å². The second kappa shape index (κ2) is 5.87. The van der Waals surface area contributed by atoms with Crippen molar-refractivity contribution in [2.45, 2.75) is 23.9 Å². The van der Waals surface area contributed by atoms with Crippen molar-refractivity contribution in [1.82, 2.24) is 0 Å². The number of halogens is 1. The second-order valence-corrected chi connectivity index (χ2v) is 7.33. The van der Waals surface area contributed by atoms with E-state index in [9.17, 15) is 8.42 Å². The van der Waals surface area contributed by atoms with Crippen LogP contribution in [0.2, 0.25) is 0 Å². The van der Waals surface area contributed by atoms with E-state index < -0.39 is 15.1 Å². The summed E-state index contributed by atoms with van der Waals surface area (Å²) in [5, 5.41) is -0.458. The Morgan fingerprint density at radius 1 is 1.29 bits per heavy atom. The molecular formula is C12H17BrO3S. The SMILES string of the molecule is CCOc1ccc(C(Br)C(C)S(C)(=O)=O)cc1. The van der Waals surface area contributed by atoms with E-state index >= 15 is 0 Å². The Morgan fingerprint density at radius 3 is 2.24 bits per heavy atom. The molecule has 0 aliphatic rings. The van der Waals surface area contributed by atoms with Crippen LogP contribution in [0.4, 0.5) is 0 Å². The lowest BCUT2D eigenvalue weighted by atomic mass is 10.1. The van der Waals surface area contributed by atoms with Crippen molar-refractivity contribution in [3.8, 4) is 5.75 Å². The normalized spacial score (nSPS) is 15.3.